The van der Waals surface area contributed by atoms with Gasteiger partial charge in [-0.2, -0.15) is 0 Å². The van der Waals surface area contributed by atoms with E-state index in [2.05, 4.69) is 5.32 Å². The number of nitrogens with two attached hydrogens (primary N) is 1. The lowest BCUT2D eigenvalue weighted by Gasteiger charge is -2.03. The summed E-state index contributed by atoms with van der Waals surface area (Å²) in [6, 6.07) is 6.40. The molecule has 0 bridgehead atoms. The molecule has 0 aliphatic carbocycles. The van der Waals surface area contributed by atoms with E-state index >= 15 is 0 Å². The van der Waals surface area contributed by atoms with Crippen molar-refractivity contribution in [1.82, 2.24) is 5.32 Å². The first-order valence-corrected chi connectivity index (χ1v) is 4.81. The second kappa shape index (κ2) is 5.65. The smallest absolute Gasteiger partial charge is 0.251 e. The van der Waals surface area contributed by atoms with Crippen LogP contribution >= 0.6 is 0 Å². The zero-order chi connectivity index (χ0) is 12.0. The van der Waals surface area contributed by atoms with E-state index in [4.69, 9.17) is 11.1 Å². The summed E-state index contributed by atoms with van der Waals surface area (Å²) in [6.45, 7) is 0.330. The molecule has 0 aromatic heterocycles. The van der Waals surface area contributed by atoms with Crippen LogP contribution in [0.3, 0.4) is 0 Å². The van der Waals surface area contributed by atoms with E-state index < -0.39 is 0 Å². The number of nitrogen functional groups attached to an aromatic ring is 1. The maximum absolute atomic E-state index is 11.5. The highest BCUT2D eigenvalue weighted by Crippen LogP contribution is 2.03. The number of amides is 1. The summed E-state index contributed by atoms with van der Waals surface area (Å²) in [5.74, 6) is -0.273. The van der Waals surface area contributed by atoms with Gasteiger partial charge in [0.1, 0.15) is 12.1 Å². The quantitative estimate of drug-likeness (QED) is 0.287. The Labute approximate surface area is 93.2 Å². The van der Waals surface area contributed by atoms with Gasteiger partial charge in [0.2, 0.25) is 0 Å². The topological polar surface area (TPSA) is 96.0 Å². The Morgan fingerprint density at radius 2 is 1.88 bits per heavy atom. The molecule has 5 nitrogen and oxygen atoms in total. The lowest BCUT2D eigenvalue weighted by molar-refractivity contribution is -0.107. The molecule has 4 N–H and O–H groups in total. The second-order valence-electron chi connectivity index (χ2n) is 3.20. The molecule has 5 heteroatoms. The predicted molar refractivity (Wildman–Crippen MR) is 60.5 cm³/mol. The molecule has 16 heavy (non-hydrogen) atoms. The summed E-state index contributed by atoms with van der Waals surface area (Å²) in [7, 11) is 0. The molecule has 0 saturated heterocycles. The molecule has 1 amide bonds. The lowest BCUT2D eigenvalue weighted by Crippen LogP contribution is -2.24. The van der Waals surface area contributed by atoms with Gasteiger partial charge < -0.3 is 15.8 Å². The molecule has 0 aliphatic heterocycles. The molecule has 0 saturated carbocycles. The van der Waals surface area contributed by atoms with Crippen molar-refractivity contribution in [3.05, 3.63) is 35.4 Å². The minimum atomic E-state index is -0.239. The number of carbonyl (C=O) groups is 2. The summed E-state index contributed by atoms with van der Waals surface area (Å²) in [5, 5.41) is 9.78. The van der Waals surface area contributed by atoms with Crippen LogP contribution in [0, 0.1) is 5.41 Å². The highest BCUT2D eigenvalue weighted by atomic mass is 16.1. The first-order chi connectivity index (χ1) is 7.65. The van der Waals surface area contributed by atoms with Gasteiger partial charge in [0, 0.05) is 24.1 Å². The van der Waals surface area contributed by atoms with Crippen molar-refractivity contribution in [3.63, 3.8) is 0 Å². The standard InChI is InChI=1S/C11H13N3O2/c12-10(13)8-2-4-9(5-3-8)11(16)14-6-1-7-15/h2-5,7H,1,6H2,(H3,12,13)(H,14,16). The number of hydrogen-bond acceptors (Lipinski definition) is 3. The van der Waals surface area contributed by atoms with Crippen molar-refractivity contribution in [3.8, 4) is 0 Å². The molecule has 0 unspecified atom stereocenters. The van der Waals surface area contributed by atoms with Crippen LogP contribution in [-0.2, 0) is 4.79 Å². The number of aldehydes is 1. The lowest BCUT2D eigenvalue weighted by atomic mass is 10.1. The van der Waals surface area contributed by atoms with Gasteiger partial charge in [0.15, 0.2) is 0 Å². The predicted octanol–water partition coefficient (Wildman–Crippen LogP) is 0.289. The highest BCUT2D eigenvalue weighted by molar-refractivity contribution is 5.98. The third-order valence-corrected chi connectivity index (χ3v) is 2.01. The molecule has 0 radical (unpaired) electrons. The van der Waals surface area contributed by atoms with Crippen LogP contribution in [-0.4, -0.2) is 24.6 Å². The zero-order valence-electron chi connectivity index (χ0n) is 8.69. The SMILES string of the molecule is N=C(N)c1ccc(C(=O)NCCC=O)cc1. The molecule has 0 atom stereocenters. The first kappa shape index (κ1) is 11.9. The van der Waals surface area contributed by atoms with Gasteiger partial charge in [-0.05, 0) is 12.1 Å². The van der Waals surface area contributed by atoms with Crippen molar-refractivity contribution in [2.75, 3.05) is 6.54 Å². The third-order valence-electron chi connectivity index (χ3n) is 2.01. The summed E-state index contributed by atoms with van der Waals surface area (Å²) < 4.78 is 0. The molecular weight excluding hydrogens is 206 g/mol. The molecule has 0 spiro atoms. The molecule has 0 heterocycles. The van der Waals surface area contributed by atoms with Crippen LogP contribution in [0.2, 0.25) is 0 Å². The molecular formula is C11H13N3O2. The van der Waals surface area contributed by atoms with E-state index in [1.807, 2.05) is 0 Å². The summed E-state index contributed by atoms with van der Waals surface area (Å²) in [4.78, 5) is 21.5. The Morgan fingerprint density at radius 3 is 2.38 bits per heavy atom. The van der Waals surface area contributed by atoms with E-state index in [0.29, 0.717) is 24.1 Å². The maximum atomic E-state index is 11.5. The van der Waals surface area contributed by atoms with Crippen LogP contribution in [0.1, 0.15) is 22.3 Å². The fraction of sp³-hybridized carbons (Fsp3) is 0.182. The van der Waals surface area contributed by atoms with Crippen LogP contribution in [0.25, 0.3) is 0 Å². The normalized spacial score (nSPS) is 9.50. The van der Waals surface area contributed by atoms with Crippen molar-refractivity contribution >= 4 is 18.0 Å². The number of hydrogen-bond donors (Lipinski definition) is 3. The van der Waals surface area contributed by atoms with Gasteiger partial charge in [0.05, 0.1) is 0 Å². The summed E-state index contributed by atoms with van der Waals surface area (Å²) in [6.07, 6.45) is 1.05. The molecule has 1 aromatic rings. The van der Waals surface area contributed by atoms with Crippen LogP contribution in [0.4, 0.5) is 0 Å². The van der Waals surface area contributed by atoms with Gasteiger partial charge >= 0.3 is 0 Å². The Balaban J connectivity index is 2.63. The Morgan fingerprint density at radius 1 is 1.31 bits per heavy atom. The Bertz CT molecular complexity index is 398. The Hall–Kier alpha value is -2.17. The molecule has 84 valence electrons. The maximum Gasteiger partial charge on any atom is 0.251 e. The highest BCUT2D eigenvalue weighted by Gasteiger charge is 2.04. The van der Waals surface area contributed by atoms with Gasteiger partial charge in [0.25, 0.3) is 5.91 Å². The number of benzene rings is 1. The molecule has 0 fully saturated rings. The second-order valence-corrected chi connectivity index (χ2v) is 3.20. The van der Waals surface area contributed by atoms with E-state index in [-0.39, 0.29) is 11.7 Å². The minimum Gasteiger partial charge on any atom is -0.384 e. The molecule has 1 aromatic carbocycles. The average molecular weight is 219 g/mol. The minimum absolute atomic E-state index is 0.0343. The number of rotatable bonds is 5. The van der Waals surface area contributed by atoms with Crippen molar-refractivity contribution in [1.29, 1.82) is 5.41 Å². The molecule has 0 aliphatic rings. The molecule has 1 rings (SSSR count). The summed E-state index contributed by atoms with van der Waals surface area (Å²) in [5.41, 5.74) is 6.34. The van der Waals surface area contributed by atoms with Crippen LogP contribution in [0.5, 0.6) is 0 Å². The first-order valence-electron chi connectivity index (χ1n) is 4.81. The number of amidine groups is 1. The zero-order valence-corrected chi connectivity index (χ0v) is 8.69. The van der Waals surface area contributed by atoms with Crippen molar-refractivity contribution < 1.29 is 9.59 Å². The van der Waals surface area contributed by atoms with Gasteiger partial charge in [-0.25, -0.2) is 0 Å². The van der Waals surface area contributed by atoms with Gasteiger partial charge in [-0.3, -0.25) is 10.2 Å². The third kappa shape index (κ3) is 3.20. The monoisotopic (exact) mass is 219 g/mol. The number of nitrogens with one attached hydrogen (secondary N) is 2. The number of carbonyl (C=O) groups excluding carboxylic acids is 2. The average Bonchev–Trinajstić information content (AvgIpc) is 2.29. The summed E-state index contributed by atoms with van der Waals surface area (Å²) >= 11 is 0. The van der Waals surface area contributed by atoms with Gasteiger partial charge in [-0.1, -0.05) is 12.1 Å². The van der Waals surface area contributed by atoms with E-state index in [0.717, 1.165) is 6.29 Å². The van der Waals surface area contributed by atoms with E-state index in [1.165, 1.54) is 0 Å². The van der Waals surface area contributed by atoms with Crippen molar-refractivity contribution in [2.24, 2.45) is 5.73 Å². The fourth-order valence-electron chi connectivity index (χ4n) is 1.15. The van der Waals surface area contributed by atoms with E-state index in [9.17, 15) is 9.59 Å². The fourth-order valence-corrected chi connectivity index (χ4v) is 1.15. The van der Waals surface area contributed by atoms with Crippen LogP contribution in [0.15, 0.2) is 24.3 Å². The van der Waals surface area contributed by atoms with Crippen molar-refractivity contribution in [2.45, 2.75) is 6.42 Å². The van der Waals surface area contributed by atoms with Crippen LogP contribution < -0.4 is 11.1 Å². The largest absolute Gasteiger partial charge is 0.384 e. The van der Waals surface area contributed by atoms with E-state index in [1.54, 1.807) is 24.3 Å². The Kier molecular flexibility index (Phi) is 4.20. The van der Waals surface area contributed by atoms with Gasteiger partial charge in [-0.15, -0.1) is 0 Å².